The normalized spacial score (nSPS) is 12.3. The van der Waals surface area contributed by atoms with E-state index >= 15 is 0 Å². The topological polar surface area (TPSA) is 78.8 Å². The standard InChI is InChI=1S/C10H13NO4/c12-6-9(10(13)14)11-15-7-8-4-2-1-3-5-8/h1-5,9,11-12H,6-7H2,(H,13,14). The van der Waals surface area contributed by atoms with Crippen LogP contribution in [0.25, 0.3) is 0 Å². The number of hydrogen-bond acceptors (Lipinski definition) is 4. The van der Waals surface area contributed by atoms with Crippen LogP contribution in [0, 0.1) is 0 Å². The van der Waals surface area contributed by atoms with Gasteiger partial charge in [-0.25, -0.2) is 0 Å². The molecule has 0 heterocycles. The fraction of sp³-hybridized carbons (Fsp3) is 0.300. The highest BCUT2D eigenvalue weighted by atomic mass is 16.6. The lowest BCUT2D eigenvalue weighted by molar-refractivity contribution is -0.146. The molecular weight excluding hydrogens is 198 g/mol. The predicted octanol–water partition coefficient (Wildman–Crippen LogP) is 0.153. The molecule has 0 aliphatic carbocycles. The second kappa shape index (κ2) is 6.13. The molecule has 0 bridgehead atoms. The first kappa shape index (κ1) is 11.6. The molecule has 1 aromatic rings. The highest BCUT2D eigenvalue weighted by Gasteiger charge is 2.15. The Labute approximate surface area is 87.3 Å². The molecule has 1 atom stereocenters. The summed E-state index contributed by atoms with van der Waals surface area (Å²) in [6, 6.07) is 8.23. The number of carboxylic acids is 1. The predicted molar refractivity (Wildman–Crippen MR) is 52.9 cm³/mol. The van der Waals surface area contributed by atoms with Gasteiger partial charge in [0, 0.05) is 0 Å². The first-order chi connectivity index (χ1) is 7.24. The van der Waals surface area contributed by atoms with Gasteiger partial charge in [0.25, 0.3) is 0 Å². The molecule has 0 radical (unpaired) electrons. The molecule has 1 rings (SSSR count). The van der Waals surface area contributed by atoms with Crippen LogP contribution in [0.3, 0.4) is 0 Å². The molecular formula is C10H13NO4. The minimum absolute atomic E-state index is 0.255. The van der Waals surface area contributed by atoms with Crippen molar-refractivity contribution >= 4 is 5.97 Å². The molecule has 0 fully saturated rings. The fourth-order valence-corrected chi connectivity index (χ4v) is 0.966. The number of carboxylic acid groups (broad SMARTS) is 1. The highest BCUT2D eigenvalue weighted by Crippen LogP contribution is 1.99. The summed E-state index contributed by atoms with van der Waals surface area (Å²) in [6.45, 7) is -0.255. The van der Waals surface area contributed by atoms with E-state index in [1.165, 1.54) is 0 Å². The Hall–Kier alpha value is -1.43. The van der Waals surface area contributed by atoms with Gasteiger partial charge < -0.3 is 10.2 Å². The Morgan fingerprint density at radius 1 is 1.40 bits per heavy atom. The molecule has 5 nitrogen and oxygen atoms in total. The van der Waals surface area contributed by atoms with Gasteiger partial charge in [-0.05, 0) is 5.56 Å². The van der Waals surface area contributed by atoms with Gasteiger partial charge in [0.1, 0.15) is 0 Å². The van der Waals surface area contributed by atoms with E-state index in [4.69, 9.17) is 15.1 Å². The van der Waals surface area contributed by atoms with E-state index in [-0.39, 0.29) is 6.61 Å². The number of rotatable bonds is 6. The van der Waals surface area contributed by atoms with E-state index in [2.05, 4.69) is 5.48 Å². The van der Waals surface area contributed by atoms with Gasteiger partial charge in [0.15, 0.2) is 6.04 Å². The Morgan fingerprint density at radius 2 is 2.07 bits per heavy atom. The van der Waals surface area contributed by atoms with Crippen molar-refractivity contribution in [2.45, 2.75) is 12.6 Å². The van der Waals surface area contributed by atoms with Crippen LogP contribution in [0.15, 0.2) is 30.3 Å². The number of aliphatic carboxylic acids is 1. The van der Waals surface area contributed by atoms with E-state index < -0.39 is 18.6 Å². The molecule has 0 saturated carbocycles. The number of hydroxylamine groups is 1. The van der Waals surface area contributed by atoms with Crippen molar-refractivity contribution in [3.8, 4) is 0 Å². The Balaban J connectivity index is 2.30. The molecule has 15 heavy (non-hydrogen) atoms. The number of benzene rings is 1. The van der Waals surface area contributed by atoms with E-state index in [9.17, 15) is 4.79 Å². The van der Waals surface area contributed by atoms with E-state index in [0.717, 1.165) is 5.56 Å². The molecule has 0 aromatic heterocycles. The third-order valence-corrected chi connectivity index (χ3v) is 1.79. The lowest BCUT2D eigenvalue weighted by Crippen LogP contribution is -2.39. The van der Waals surface area contributed by atoms with Crippen molar-refractivity contribution < 1.29 is 19.8 Å². The van der Waals surface area contributed by atoms with Gasteiger partial charge in [-0.15, -0.1) is 0 Å². The molecule has 1 unspecified atom stereocenters. The van der Waals surface area contributed by atoms with Gasteiger partial charge in [-0.3, -0.25) is 9.63 Å². The number of aliphatic hydroxyl groups excluding tert-OH is 1. The van der Waals surface area contributed by atoms with Crippen LogP contribution in [-0.2, 0) is 16.2 Å². The first-order valence-corrected chi connectivity index (χ1v) is 4.49. The summed E-state index contributed by atoms with van der Waals surface area (Å²) in [5, 5.41) is 17.2. The monoisotopic (exact) mass is 211 g/mol. The fourth-order valence-electron chi connectivity index (χ4n) is 0.966. The van der Waals surface area contributed by atoms with E-state index in [0.29, 0.717) is 0 Å². The zero-order valence-electron chi connectivity index (χ0n) is 8.09. The zero-order chi connectivity index (χ0) is 11.1. The minimum Gasteiger partial charge on any atom is -0.480 e. The molecule has 5 heteroatoms. The van der Waals surface area contributed by atoms with E-state index in [1.54, 1.807) is 0 Å². The van der Waals surface area contributed by atoms with Crippen molar-refractivity contribution in [2.75, 3.05) is 6.61 Å². The summed E-state index contributed by atoms with van der Waals surface area (Å²) >= 11 is 0. The van der Waals surface area contributed by atoms with Crippen molar-refractivity contribution in [1.82, 2.24) is 5.48 Å². The number of nitrogens with one attached hydrogen (secondary N) is 1. The quantitative estimate of drug-likeness (QED) is 0.584. The molecule has 1 aromatic carbocycles. The SMILES string of the molecule is O=C(O)C(CO)NOCc1ccccc1. The average Bonchev–Trinajstić information content (AvgIpc) is 2.25. The van der Waals surface area contributed by atoms with Crippen LogP contribution in [0.5, 0.6) is 0 Å². The molecule has 82 valence electrons. The molecule has 0 spiro atoms. The summed E-state index contributed by atoms with van der Waals surface area (Å²) < 4.78 is 0. The summed E-state index contributed by atoms with van der Waals surface area (Å²) in [5.74, 6) is -1.15. The first-order valence-electron chi connectivity index (χ1n) is 4.49. The Morgan fingerprint density at radius 3 is 2.60 bits per heavy atom. The molecule has 0 saturated heterocycles. The van der Waals surface area contributed by atoms with Crippen LogP contribution in [0.1, 0.15) is 5.56 Å². The Kier molecular flexibility index (Phi) is 4.76. The summed E-state index contributed by atoms with van der Waals surface area (Å²) in [6.07, 6.45) is 0. The van der Waals surface area contributed by atoms with E-state index in [1.807, 2.05) is 30.3 Å². The zero-order valence-corrected chi connectivity index (χ0v) is 8.09. The van der Waals surface area contributed by atoms with Gasteiger partial charge in [0.2, 0.25) is 0 Å². The van der Waals surface area contributed by atoms with Crippen LogP contribution < -0.4 is 5.48 Å². The smallest absolute Gasteiger partial charge is 0.325 e. The van der Waals surface area contributed by atoms with Crippen molar-refractivity contribution in [3.63, 3.8) is 0 Å². The van der Waals surface area contributed by atoms with Gasteiger partial charge in [-0.2, -0.15) is 5.48 Å². The molecule has 0 aliphatic heterocycles. The second-order valence-corrected chi connectivity index (χ2v) is 2.97. The lowest BCUT2D eigenvalue weighted by Gasteiger charge is -2.11. The minimum atomic E-state index is -1.15. The van der Waals surface area contributed by atoms with Crippen molar-refractivity contribution in [1.29, 1.82) is 0 Å². The third-order valence-electron chi connectivity index (χ3n) is 1.79. The van der Waals surface area contributed by atoms with Crippen LogP contribution in [-0.4, -0.2) is 28.8 Å². The Bertz CT molecular complexity index is 302. The average molecular weight is 211 g/mol. The van der Waals surface area contributed by atoms with Crippen molar-refractivity contribution in [3.05, 3.63) is 35.9 Å². The largest absolute Gasteiger partial charge is 0.480 e. The highest BCUT2D eigenvalue weighted by molar-refractivity contribution is 5.73. The van der Waals surface area contributed by atoms with Crippen molar-refractivity contribution in [2.24, 2.45) is 0 Å². The third kappa shape index (κ3) is 4.07. The lowest BCUT2D eigenvalue weighted by atomic mass is 10.2. The van der Waals surface area contributed by atoms with Crippen LogP contribution >= 0.6 is 0 Å². The summed E-state index contributed by atoms with van der Waals surface area (Å²) in [4.78, 5) is 15.4. The maximum Gasteiger partial charge on any atom is 0.325 e. The summed E-state index contributed by atoms with van der Waals surface area (Å²) in [5.41, 5.74) is 3.19. The van der Waals surface area contributed by atoms with Crippen LogP contribution in [0.4, 0.5) is 0 Å². The number of hydrogen-bond donors (Lipinski definition) is 3. The number of aliphatic hydroxyl groups is 1. The van der Waals surface area contributed by atoms with Crippen LogP contribution in [0.2, 0.25) is 0 Å². The van der Waals surface area contributed by atoms with Gasteiger partial charge in [0.05, 0.1) is 13.2 Å². The second-order valence-electron chi connectivity index (χ2n) is 2.97. The molecule has 3 N–H and O–H groups in total. The molecule has 0 aliphatic rings. The summed E-state index contributed by atoms with van der Waals surface area (Å²) in [7, 11) is 0. The number of carbonyl (C=O) groups is 1. The maximum absolute atomic E-state index is 10.5. The molecule has 0 amide bonds. The maximum atomic E-state index is 10.5. The van der Waals surface area contributed by atoms with Gasteiger partial charge in [-0.1, -0.05) is 30.3 Å². The van der Waals surface area contributed by atoms with Gasteiger partial charge >= 0.3 is 5.97 Å².